The predicted octanol–water partition coefficient (Wildman–Crippen LogP) is 4.60. The lowest BCUT2D eigenvalue weighted by Gasteiger charge is -2.11. The van der Waals surface area contributed by atoms with E-state index in [0.29, 0.717) is 34.9 Å². The van der Waals surface area contributed by atoms with Gasteiger partial charge in [-0.3, -0.25) is 9.59 Å². The smallest absolute Gasteiger partial charge is 0.259 e. The van der Waals surface area contributed by atoms with Gasteiger partial charge in [0.1, 0.15) is 11.5 Å². The zero-order valence-corrected chi connectivity index (χ0v) is 15.6. The molecule has 28 heavy (non-hydrogen) atoms. The summed E-state index contributed by atoms with van der Waals surface area (Å²) in [5.74, 6) is 0.592. The van der Waals surface area contributed by atoms with Gasteiger partial charge in [0.2, 0.25) is 0 Å². The van der Waals surface area contributed by atoms with E-state index in [1.54, 1.807) is 60.7 Å². The Hall–Kier alpha value is -3.60. The first kappa shape index (κ1) is 19.2. The summed E-state index contributed by atoms with van der Waals surface area (Å²) in [6.07, 6.45) is 0. The molecule has 3 aromatic carbocycles. The van der Waals surface area contributed by atoms with E-state index < -0.39 is 0 Å². The van der Waals surface area contributed by atoms with E-state index in [2.05, 4.69) is 5.32 Å². The number of hydrogen-bond acceptors (Lipinski definition) is 4. The molecule has 0 heterocycles. The molecule has 0 aliphatic rings. The fourth-order valence-electron chi connectivity index (χ4n) is 2.63. The molecule has 142 valence electrons. The number of ether oxygens (including phenoxy) is 2. The fraction of sp³-hybridized carbons (Fsp3) is 0.130. The van der Waals surface area contributed by atoms with Gasteiger partial charge in [0.15, 0.2) is 12.4 Å². The van der Waals surface area contributed by atoms with E-state index in [-0.39, 0.29) is 18.3 Å². The van der Waals surface area contributed by atoms with Gasteiger partial charge in [-0.15, -0.1) is 0 Å². The standard InChI is InChI=1S/C23H21NO4/c1-2-27-19-14-12-17(13-15-19)21(25)16-28-22-11-7-6-10-20(22)23(26)24-18-8-4-3-5-9-18/h3-15H,2,16H2,1H3,(H,24,26). The second kappa shape index (κ2) is 9.37. The number of rotatable bonds is 8. The third kappa shape index (κ3) is 4.98. The molecule has 0 aliphatic heterocycles. The zero-order chi connectivity index (χ0) is 19.8. The molecule has 0 bridgehead atoms. The molecule has 0 saturated carbocycles. The van der Waals surface area contributed by atoms with Gasteiger partial charge >= 0.3 is 0 Å². The Balaban J connectivity index is 1.66. The van der Waals surface area contributed by atoms with Crippen LogP contribution in [0.5, 0.6) is 11.5 Å². The SMILES string of the molecule is CCOc1ccc(C(=O)COc2ccccc2C(=O)Nc2ccccc2)cc1. The first-order valence-electron chi connectivity index (χ1n) is 9.01. The van der Waals surface area contributed by atoms with Crippen LogP contribution in [0.15, 0.2) is 78.9 Å². The van der Waals surface area contributed by atoms with E-state index in [0.717, 1.165) is 0 Å². The van der Waals surface area contributed by atoms with Crippen molar-refractivity contribution in [3.05, 3.63) is 90.0 Å². The highest BCUT2D eigenvalue weighted by Gasteiger charge is 2.14. The van der Waals surface area contributed by atoms with Crippen molar-refractivity contribution < 1.29 is 19.1 Å². The van der Waals surface area contributed by atoms with Gasteiger partial charge in [-0.05, 0) is 55.5 Å². The number of hydrogen-bond donors (Lipinski definition) is 1. The average molecular weight is 375 g/mol. The second-order valence-electron chi connectivity index (χ2n) is 5.99. The van der Waals surface area contributed by atoms with E-state index >= 15 is 0 Å². The van der Waals surface area contributed by atoms with Crippen molar-refractivity contribution in [1.82, 2.24) is 0 Å². The van der Waals surface area contributed by atoms with Gasteiger partial charge in [0.05, 0.1) is 12.2 Å². The summed E-state index contributed by atoms with van der Waals surface area (Å²) in [5, 5.41) is 2.82. The van der Waals surface area contributed by atoms with Crippen LogP contribution in [0, 0.1) is 0 Å². The maximum absolute atomic E-state index is 12.6. The lowest BCUT2D eigenvalue weighted by molar-refractivity contribution is 0.0914. The molecule has 0 unspecified atom stereocenters. The zero-order valence-electron chi connectivity index (χ0n) is 15.6. The molecule has 0 radical (unpaired) electrons. The Morgan fingerprint density at radius 3 is 2.21 bits per heavy atom. The molecule has 0 aromatic heterocycles. The van der Waals surface area contributed by atoms with Crippen molar-refractivity contribution in [2.24, 2.45) is 0 Å². The van der Waals surface area contributed by atoms with E-state index in [9.17, 15) is 9.59 Å². The minimum Gasteiger partial charge on any atom is -0.494 e. The van der Waals surface area contributed by atoms with Crippen LogP contribution in [-0.4, -0.2) is 24.9 Å². The van der Waals surface area contributed by atoms with Crippen LogP contribution in [0.3, 0.4) is 0 Å². The number of ketones is 1. The molecule has 3 aromatic rings. The number of benzene rings is 3. The summed E-state index contributed by atoms with van der Waals surface area (Å²) >= 11 is 0. The van der Waals surface area contributed by atoms with Gasteiger partial charge in [0, 0.05) is 11.3 Å². The van der Waals surface area contributed by atoms with Crippen molar-refractivity contribution in [1.29, 1.82) is 0 Å². The quantitative estimate of drug-likeness (QED) is 0.585. The van der Waals surface area contributed by atoms with Crippen LogP contribution in [0.1, 0.15) is 27.6 Å². The molecule has 0 fully saturated rings. The number of para-hydroxylation sites is 2. The molecular weight excluding hydrogens is 354 g/mol. The average Bonchev–Trinajstić information content (AvgIpc) is 2.73. The number of anilines is 1. The van der Waals surface area contributed by atoms with Crippen molar-refractivity contribution in [3.63, 3.8) is 0 Å². The summed E-state index contributed by atoms with van der Waals surface area (Å²) in [6.45, 7) is 2.31. The minimum absolute atomic E-state index is 0.163. The molecule has 1 amide bonds. The Morgan fingerprint density at radius 2 is 1.50 bits per heavy atom. The fourth-order valence-corrected chi connectivity index (χ4v) is 2.63. The third-order valence-corrected chi connectivity index (χ3v) is 4.01. The predicted molar refractivity (Wildman–Crippen MR) is 108 cm³/mol. The summed E-state index contributed by atoms with van der Waals surface area (Å²) < 4.78 is 11.0. The highest BCUT2D eigenvalue weighted by atomic mass is 16.5. The van der Waals surface area contributed by atoms with Crippen LogP contribution in [0.25, 0.3) is 0 Å². The number of amides is 1. The lowest BCUT2D eigenvalue weighted by atomic mass is 10.1. The molecule has 0 aliphatic carbocycles. The Kier molecular flexibility index (Phi) is 6.41. The van der Waals surface area contributed by atoms with E-state index in [1.807, 2.05) is 25.1 Å². The van der Waals surface area contributed by atoms with Crippen molar-refractivity contribution in [2.45, 2.75) is 6.92 Å². The van der Waals surface area contributed by atoms with E-state index in [4.69, 9.17) is 9.47 Å². The van der Waals surface area contributed by atoms with E-state index in [1.165, 1.54) is 0 Å². The normalized spacial score (nSPS) is 10.2. The van der Waals surface area contributed by atoms with Crippen LogP contribution >= 0.6 is 0 Å². The third-order valence-electron chi connectivity index (χ3n) is 4.01. The van der Waals surface area contributed by atoms with Gasteiger partial charge in [0.25, 0.3) is 5.91 Å². The summed E-state index contributed by atoms with van der Waals surface area (Å²) in [7, 11) is 0. The first-order chi connectivity index (χ1) is 13.7. The van der Waals surface area contributed by atoms with Crippen LogP contribution in [-0.2, 0) is 0 Å². The largest absolute Gasteiger partial charge is 0.494 e. The number of nitrogens with one attached hydrogen (secondary N) is 1. The van der Waals surface area contributed by atoms with Crippen molar-refractivity contribution in [2.75, 3.05) is 18.5 Å². The number of carbonyl (C=O) groups is 2. The topological polar surface area (TPSA) is 64.6 Å². The highest BCUT2D eigenvalue weighted by molar-refractivity contribution is 6.06. The highest BCUT2D eigenvalue weighted by Crippen LogP contribution is 2.20. The van der Waals surface area contributed by atoms with Crippen LogP contribution in [0.2, 0.25) is 0 Å². The van der Waals surface area contributed by atoms with Crippen LogP contribution in [0.4, 0.5) is 5.69 Å². The Morgan fingerprint density at radius 1 is 0.821 bits per heavy atom. The molecule has 0 spiro atoms. The van der Waals surface area contributed by atoms with Gasteiger partial charge < -0.3 is 14.8 Å². The van der Waals surface area contributed by atoms with Crippen molar-refractivity contribution in [3.8, 4) is 11.5 Å². The first-order valence-corrected chi connectivity index (χ1v) is 9.01. The van der Waals surface area contributed by atoms with Crippen molar-refractivity contribution >= 4 is 17.4 Å². The lowest BCUT2D eigenvalue weighted by Crippen LogP contribution is -2.16. The number of carbonyl (C=O) groups excluding carboxylic acids is 2. The second-order valence-corrected chi connectivity index (χ2v) is 5.99. The molecular formula is C23H21NO4. The summed E-state index contributed by atoms with van der Waals surface area (Å²) in [5.41, 5.74) is 1.58. The maximum atomic E-state index is 12.6. The number of Topliss-reactive ketones (excluding diaryl/α,β-unsaturated/α-hetero) is 1. The minimum atomic E-state index is -0.296. The Labute approximate surface area is 163 Å². The molecule has 0 atom stereocenters. The Bertz CT molecular complexity index is 936. The van der Waals surface area contributed by atoms with Crippen LogP contribution < -0.4 is 14.8 Å². The van der Waals surface area contributed by atoms with Gasteiger partial charge in [-0.2, -0.15) is 0 Å². The van der Waals surface area contributed by atoms with Gasteiger partial charge in [-0.25, -0.2) is 0 Å². The summed E-state index contributed by atoms with van der Waals surface area (Å²) in [4.78, 5) is 25.0. The maximum Gasteiger partial charge on any atom is 0.259 e. The molecule has 5 nitrogen and oxygen atoms in total. The molecule has 1 N–H and O–H groups in total. The molecule has 3 rings (SSSR count). The monoisotopic (exact) mass is 375 g/mol. The molecule has 0 saturated heterocycles. The molecule has 5 heteroatoms. The van der Waals surface area contributed by atoms with Gasteiger partial charge in [-0.1, -0.05) is 30.3 Å². The summed E-state index contributed by atoms with van der Waals surface area (Å²) in [6, 6.07) is 22.9.